The molecule has 3 aromatic rings. The van der Waals surface area contributed by atoms with Gasteiger partial charge in [0, 0.05) is 47.9 Å². The van der Waals surface area contributed by atoms with Crippen molar-refractivity contribution in [2.45, 2.75) is 30.4 Å². The molecule has 33 heavy (non-hydrogen) atoms. The first kappa shape index (κ1) is 23.6. The van der Waals surface area contributed by atoms with E-state index in [2.05, 4.69) is 5.32 Å². The van der Waals surface area contributed by atoms with Crippen LogP contribution in [0.25, 0.3) is 0 Å². The molecule has 0 saturated carbocycles. The van der Waals surface area contributed by atoms with Crippen molar-refractivity contribution in [2.24, 2.45) is 5.73 Å². The Kier molecular flexibility index (Phi) is 6.99. The zero-order chi connectivity index (χ0) is 23.6. The predicted octanol–water partition coefficient (Wildman–Crippen LogP) is 4.54. The Labute approximate surface area is 202 Å². The van der Waals surface area contributed by atoms with Crippen LogP contribution < -0.4 is 11.1 Å². The molecule has 174 valence electrons. The molecule has 1 amide bonds. The Bertz CT molecular complexity index is 1250. The molecule has 0 unspecified atom stereocenters. The van der Waals surface area contributed by atoms with Gasteiger partial charge in [-0.1, -0.05) is 41.4 Å². The number of primary amides is 1. The lowest BCUT2D eigenvalue weighted by Crippen LogP contribution is -2.42. The van der Waals surface area contributed by atoms with Crippen molar-refractivity contribution >= 4 is 44.8 Å². The van der Waals surface area contributed by atoms with E-state index < -0.39 is 15.9 Å². The minimum atomic E-state index is -3.84. The van der Waals surface area contributed by atoms with Crippen LogP contribution in [0.4, 0.5) is 5.69 Å². The summed E-state index contributed by atoms with van der Waals surface area (Å²) in [5, 5.41) is 4.06. The molecule has 0 aliphatic carbocycles. The van der Waals surface area contributed by atoms with Crippen molar-refractivity contribution in [3.63, 3.8) is 0 Å². The average molecular weight is 508 g/mol. The number of carbonyl (C=O) groups excluding carboxylic acids is 1. The highest BCUT2D eigenvalue weighted by molar-refractivity contribution is 7.89. The fourth-order valence-electron chi connectivity index (χ4n) is 3.87. The molecule has 0 atom stereocenters. The molecule has 1 aliphatic heterocycles. The molecule has 10 heteroatoms. The molecule has 4 rings (SSSR count). The smallest absolute Gasteiger partial charge is 0.276 e. The quantitative estimate of drug-likeness (QED) is 0.488. The van der Waals surface area contributed by atoms with Gasteiger partial charge in [0.1, 0.15) is 5.76 Å². The maximum absolute atomic E-state index is 13.1. The third kappa shape index (κ3) is 5.35. The topological polar surface area (TPSA) is 106 Å². The van der Waals surface area contributed by atoms with Crippen LogP contribution in [0, 0.1) is 0 Å². The van der Waals surface area contributed by atoms with Crippen LogP contribution in [0.2, 0.25) is 10.0 Å². The number of halogens is 2. The fourth-order valence-corrected chi connectivity index (χ4v) is 5.68. The van der Waals surface area contributed by atoms with Gasteiger partial charge in [-0.2, -0.15) is 4.31 Å². The summed E-state index contributed by atoms with van der Waals surface area (Å²) < 4.78 is 33.4. The van der Waals surface area contributed by atoms with E-state index in [-0.39, 0.29) is 28.3 Å². The molecule has 1 aliphatic rings. The van der Waals surface area contributed by atoms with Crippen LogP contribution in [0.5, 0.6) is 0 Å². The number of anilines is 1. The van der Waals surface area contributed by atoms with Gasteiger partial charge in [-0.3, -0.25) is 4.79 Å². The second-order valence-corrected chi connectivity index (χ2v) is 10.6. The Morgan fingerprint density at radius 3 is 2.42 bits per heavy atom. The number of nitrogens with two attached hydrogens (primary N) is 1. The predicted molar refractivity (Wildman–Crippen MR) is 128 cm³/mol. The standard InChI is InChI=1S/C23H23Cl2N3O4S/c24-16-5-7-17(8-6-16)27-18-9-11-28(12-10-18)33(30,31)22-14-20(25)21(32-22)13-15-3-1-2-4-19(15)23(26)29/h1-8,14,18,27H,9-13H2,(H2,26,29). The van der Waals surface area contributed by atoms with Gasteiger partial charge in [-0.25, -0.2) is 8.42 Å². The van der Waals surface area contributed by atoms with Crippen molar-refractivity contribution in [3.8, 4) is 0 Å². The fraction of sp³-hybridized carbons (Fsp3) is 0.261. The third-order valence-electron chi connectivity index (χ3n) is 5.63. The summed E-state index contributed by atoms with van der Waals surface area (Å²) in [6.45, 7) is 0.706. The van der Waals surface area contributed by atoms with Crippen LogP contribution in [0.15, 0.2) is 64.1 Å². The Morgan fingerprint density at radius 1 is 1.09 bits per heavy atom. The highest BCUT2D eigenvalue weighted by Gasteiger charge is 2.32. The highest BCUT2D eigenvalue weighted by atomic mass is 35.5. The number of nitrogens with zero attached hydrogens (tertiary/aromatic N) is 1. The molecule has 2 heterocycles. The number of furan rings is 1. The lowest BCUT2D eigenvalue weighted by molar-refractivity contribution is 0.0999. The van der Waals surface area contributed by atoms with E-state index in [4.69, 9.17) is 33.4 Å². The highest BCUT2D eigenvalue weighted by Crippen LogP contribution is 2.30. The van der Waals surface area contributed by atoms with Crippen LogP contribution in [-0.4, -0.2) is 37.8 Å². The normalized spacial score (nSPS) is 15.5. The van der Waals surface area contributed by atoms with Gasteiger partial charge >= 0.3 is 0 Å². The number of benzene rings is 2. The van der Waals surface area contributed by atoms with Gasteiger partial charge in [0.2, 0.25) is 11.0 Å². The Balaban J connectivity index is 1.44. The molecule has 3 N–H and O–H groups in total. The summed E-state index contributed by atoms with van der Waals surface area (Å²) in [7, 11) is -3.84. The second kappa shape index (κ2) is 9.77. The largest absolute Gasteiger partial charge is 0.446 e. The molecule has 0 radical (unpaired) electrons. The molecule has 1 fully saturated rings. The average Bonchev–Trinajstić information content (AvgIpc) is 3.17. The summed E-state index contributed by atoms with van der Waals surface area (Å²) in [5.74, 6) is -0.306. The first-order valence-electron chi connectivity index (χ1n) is 10.4. The molecule has 7 nitrogen and oxygen atoms in total. The van der Waals surface area contributed by atoms with Crippen LogP contribution in [0.3, 0.4) is 0 Å². The SMILES string of the molecule is NC(=O)c1ccccc1Cc1oc(S(=O)(=O)N2CCC(Nc3ccc(Cl)cc3)CC2)cc1Cl. The first-order valence-corrected chi connectivity index (χ1v) is 12.6. The maximum atomic E-state index is 13.1. The summed E-state index contributed by atoms with van der Waals surface area (Å²) >= 11 is 12.2. The minimum Gasteiger partial charge on any atom is -0.446 e. The Hall–Kier alpha value is -2.52. The molecule has 1 aromatic heterocycles. The maximum Gasteiger partial charge on any atom is 0.276 e. The Morgan fingerprint density at radius 2 is 1.76 bits per heavy atom. The third-order valence-corrected chi connectivity index (χ3v) is 7.96. The van der Waals surface area contributed by atoms with E-state index in [0.717, 1.165) is 5.69 Å². The lowest BCUT2D eigenvalue weighted by atomic mass is 10.0. The summed E-state index contributed by atoms with van der Waals surface area (Å²) in [6.07, 6.45) is 1.45. The van der Waals surface area contributed by atoms with Crippen LogP contribution >= 0.6 is 23.2 Å². The summed E-state index contributed by atoms with van der Waals surface area (Å²) in [6, 6.07) is 15.7. The molecule has 0 bridgehead atoms. The van der Waals surface area contributed by atoms with E-state index in [9.17, 15) is 13.2 Å². The van der Waals surface area contributed by atoms with Gasteiger partial charge in [0.15, 0.2) is 0 Å². The van der Waals surface area contributed by atoms with Crippen molar-refractivity contribution in [1.82, 2.24) is 4.31 Å². The van der Waals surface area contributed by atoms with Crippen molar-refractivity contribution in [2.75, 3.05) is 18.4 Å². The zero-order valence-corrected chi connectivity index (χ0v) is 20.0. The zero-order valence-electron chi connectivity index (χ0n) is 17.6. The number of hydrogen-bond donors (Lipinski definition) is 2. The van der Waals surface area contributed by atoms with Gasteiger partial charge in [-0.05, 0) is 48.7 Å². The molecular formula is C23H23Cl2N3O4S. The van der Waals surface area contributed by atoms with Crippen LogP contribution in [0.1, 0.15) is 34.5 Å². The van der Waals surface area contributed by atoms with E-state index in [1.54, 1.807) is 24.3 Å². The number of amides is 1. The second-order valence-electron chi connectivity index (χ2n) is 7.86. The molecule has 0 spiro atoms. The lowest BCUT2D eigenvalue weighted by Gasteiger charge is -2.31. The van der Waals surface area contributed by atoms with E-state index in [0.29, 0.717) is 42.1 Å². The monoisotopic (exact) mass is 507 g/mol. The van der Waals surface area contributed by atoms with E-state index >= 15 is 0 Å². The number of carbonyl (C=O) groups is 1. The first-order chi connectivity index (χ1) is 15.7. The van der Waals surface area contributed by atoms with Gasteiger partial charge in [0.25, 0.3) is 10.0 Å². The van der Waals surface area contributed by atoms with Crippen molar-refractivity contribution in [1.29, 1.82) is 0 Å². The van der Waals surface area contributed by atoms with Crippen molar-refractivity contribution in [3.05, 3.63) is 81.5 Å². The summed E-state index contributed by atoms with van der Waals surface area (Å²) in [5.41, 5.74) is 7.32. The number of nitrogens with one attached hydrogen (secondary N) is 1. The summed E-state index contributed by atoms with van der Waals surface area (Å²) in [4.78, 5) is 11.7. The minimum absolute atomic E-state index is 0.152. The van der Waals surface area contributed by atoms with E-state index in [1.807, 2.05) is 24.3 Å². The van der Waals surface area contributed by atoms with Gasteiger partial charge in [0.05, 0.1) is 5.02 Å². The van der Waals surface area contributed by atoms with Crippen molar-refractivity contribution < 1.29 is 17.6 Å². The van der Waals surface area contributed by atoms with E-state index in [1.165, 1.54) is 10.4 Å². The van der Waals surface area contributed by atoms with Gasteiger partial charge in [-0.15, -0.1) is 0 Å². The molecule has 1 saturated heterocycles. The molecular weight excluding hydrogens is 485 g/mol. The van der Waals surface area contributed by atoms with Gasteiger partial charge < -0.3 is 15.5 Å². The number of rotatable bonds is 7. The number of piperidine rings is 1. The number of sulfonamides is 1. The van der Waals surface area contributed by atoms with Crippen LogP contribution in [-0.2, 0) is 16.4 Å². The molecule has 2 aromatic carbocycles. The number of hydrogen-bond acceptors (Lipinski definition) is 5.